The van der Waals surface area contributed by atoms with Gasteiger partial charge in [0.2, 0.25) is 0 Å². The van der Waals surface area contributed by atoms with Gasteiger partial charge in [0.25, 0.3) is 0 Å². The molecule has 1 heterocycles. The van der Waals surface area contributed by atoms with Gasteiger partial charge in [-0.2, -0.15) is 0 Å². The van der Waals surface area contributed by atoms with Crippen LogP contribution in [-0.2, 0) is 0 Å². The Morgan fingerprint density at radius 1 is 0.889 bits per heavy atom. The number of benzene rings is 1. The van der Waals surface area contributed by atoms with Crippen LogP contribution in [0.4, 0.5) is 5.69 Å². The summed E-state index contributed by atoms with van der Waals surface area (Å²) in [6.45, 7) is 13.9. The van der Waals surface area contributed by atoms with Crippen LogP contribution in [0.5, 0.6) is 0 Å². The van der Waals surface area contributed by atoms with Gasteiger partial charge in [-0.05, 0) is 22.5 Å². The van der Waals surface area contributed by atoms with Crippen molar-refractivity contribution < 1.29 is 0 Å². The second kappa shape index (κ2) is 3.88. The zero-order valence-corrected chi connectivity index (χ0v) is 12.5. The van der Waals surface area contributed by atoms with E-state index in [2.05, 4.69) is 83.3 Å². The molecule has 18 heavy (non-hydrogen) atoms. The van der Waals surface area contributed by atoms with Gasteiger partial charge in [0.1, 0.15) is 0 Å². The van der Waals surface area contributed by atoms with Gasteiger partial charge in [0, 0.05) is 5.69 Å². The zero-order chi connectivity index (χ0) is 13.6. The molecule has 2 rings (SSSR count). The van der Waals surface area contributed by atoms with E-state index in [1.165, 1.54) is 11.3 Å². The summed E-state index contributed by atoms with van der Waals surface area (Å²) in [6, 6.07) is 8.52. The Labute approximate surface area is 111 Å². The first kappa shape index (κ1) is 13.2. The van der Waals surface area contributed by atoms with E-state index in [1.54, 1.807) is 0 Å². The van der Waals surface area contributed by atoms with Crippen molar-refractivity contribution in [1.82, 2.24) is 0 Å². The Kier molecular flexibility index (Phi) is 2.84. The summed E-state index contributed by atoms with van der Waals surface area (Å²) in [5.74, 6) is 0. The van der Waals surface area contributed by atoms with Gasteiger partial charge in [0.05, 0.1) is 5.54 Å². The van der Waals surface area contributed by atoms with Gasteiger partial charge >= 0.3 is 0 Å². The van der Waals surface area contributed by atoms with Gasteiger partial charge < -0.3 is 5.32 Å². The molecular formula is C17H25N. The molecule has 1 aliphatic heterocycles. The minimum atomic E-state index is -0.0334. The van der Waals surface area contributed by atoms with Gasteiger partial charge in [-0.3, -0.25) is 0 Å². The van der Waals surface area contributed by atoms with E-state index >= 15 is 0 Å². The first-order valence-electron chi connectivity index (χ1n) is 6.74. The minimum absolute atomic E-state index is 0.0334. The molecule has 0 fully saturated rings. The molecule has 0 bridgehead atoms. The Hall–Kier alpha value is -1.24. The van der Waals surface area contributed by atoms with E-state index in [-0.39, 0.29) is 16.4 Å². The van der Waals surface area contributed by atoms with Crippen molar-refractivity contribution >= 4 is 11.8 Å². The van der Waals surface area contributed by atoms with E-state index in [4.69, 9.17) is 0 Å². The topological polar surface area (TPSA) is 12.0 Å². The minimum Gasteiger partial charge on any atom is -0.375 e. The Morgan fingerprint density at radius 3 is 2.00 bits per heavy atom. The maximum Gasteiger partial charge on any atom is 0.0655 e. The Balaban J connectivity index is 2.56. The van der Waals surface area contributed by atoms with Crippen molar-refractivity contribution in [3.63, 3.8) is 0 Å². The fourth-order valence-corrected chi connectivity index (χ4v) is 3.23. The molecule has 1 aromatic carbocycles. The summed E-state index contributed by atoms with van der Waals surface area (Å²) in [6.07, 6.45) is 4.62. The van der Waals surface area contributed by atoms with Crippen LogP contribution < -0.4 is 5.32 Å². The Morgan fingerprint density at radius 2 is 1.44 bits per heavy atom. The van der Waals surface area contributed by atoms with Crippen LogP contribution in [0.3, 0.4) is 0 Å². The third kappa shape index (κ3) is 1.86. The molecule has 0 unspecified atom stereocenters. The lowest BCUT2D eigenvalue weighted by Crippen LogP contribution is -2.58. The molecular weight excluding hydrogens is 218 g/mol. The summed E-state index contributed by atoms with van der Waals surface area (Å²) in [4.78, 5) is 0. The molecule has 98 valence electrons. The average Bonchev–Trinajstić information content (AvgIpc) is 2.25. The fraction of sp³-hybridized carbons (Fsp3) is 0.529. The molecule has 0 aromatic heterocycles. The third-order valence-electron chi connectivity index (χ3n) is 4.17. The third-order valence-corrected chi connectivity index (χ3v) is 4.17. The molecule has 0 radical (unpaired) electrons. The van der Waals surface area contributed by atoms with Crippen LogP contribution in [0.25, 0.3) is 6.08 Å². The highest BCUT2D eigenvalue weighted by Gasteiger charge is 2.49. The van der Waals surface area contributed by atoms with E-state index < -0.39 is 0 Å². The number of fused-ring (bicyclic) bond motifs is 1. The smallest absolute Gasteiger partial charge is 0.0655 e. The van der Waals surface area contributed by atoms with Crippen molar-refractivity contribution in [2.75, 3.05) is 5.32 Å². The van der Waals surface area contributed by atoms with Gasteiger partial charge in [-0.25, -0.2) is 0 Å². The van der Waals surface area contributed by atoms with Crippen molar-refractivity contribution in [2.24, 2.45) is 10.8 Å². The predicted molar refractivity (Wildman–Crippen MR) is 80.7 cm³/mol. The lowest BCUT2D eigenvalue weighted by atomic mass is 9.59. The van der Waals surface area contributed by atoms with Crippen LogP contribution in [0.1, 0.15) is 47.1 Å². The maximum atomic E-state index is 3.80. The second-order valence-corrected chi connectivity index (χ2v) is 7.35. The fourth-order valence-electron chi connectivity index (χ4n) is 3.23. The quantitative estimate of drug-likeness (QED) is 0.679. The SMILES string of the molecule is CC(C)(C)C1(C(C)(C)C)C=Cc2ccccc2N1. The number of hydrogen-bond acceptors (Lipinski definition) is 1. The molecule has 1 aliphatic rings. The molecule has 0 aliphatic carbocycles. The highest BCUT2D eigenvalue weighted by molar-refractivity contribution is 5.73. The van der Waals surface area contributed by atoms with Crippen LogP contribution in [0.15, 0.2) is 30.3 Å². The van der Waals surface area contributed by atoms with E-state index in [9.17, 15) is 0 Å². The van der Waals surface area contributed by atoms with E-state index in [0.717, 1.165) is 0 Å². The molecule has 0 amide bonds. The summed E-state index contributed by atoms with van der Waals surface area (Å²) in [7, 11) is 0. The number of rotatable bonds is 0. The van der Waals surface area contributed by atoms with Crippen LogP contribution >= 0.6 is 0 Å². The largest absolute Gasteiger partial charge is 0.375 e. The standard InChI is InChI=1S/C17H25N/c1-15(2,3)17(16(4,5)6)12-11-13-9-7-8-10-14(13)18-17/h7-12,18H,1-6H3. The number of hydrogen-bond donors (Lipinski definition) is 1. The summed E-state index contributed by atoms with van der Waals surface area (Å²) in [5, 5.41) is 3.80. The molecule has 0 atom stereocenters. The highest BCUT2D eigenvalue weighted by Crippen LogP contribution is 2.49. The second-order valence-electron chi connectivity index (χ2n) is 7.35. The Bertz CT molecular complexity index is 455. The average molecular weight is 243 g/mol. The molecule has 0 saturated carbocycles. The monoisotopic (exact) mass is 243 g/mol. The summed E-state index contributed by atoms with van der Waals surface area (Å²) < 4.78 is 0. The summed E-state index contributed by atoms with van der Waals surface area (Å²) >= 11 is 0. The number of anilines is 1. The molecule has 0 spiro atoms. The van der Waals surface area contributed by atoms with Crippen LogP contribution in [-0.4, -0.2) is 5.54 Å². The first-order valence-corrected chi connectivity index (χ1v) is 6.74. The zero-order valence-electron chi connectivity index (χ0n) is 12.5. The van der Waals surface area contributed by atoms with Gasteiger partial charge in [0.15, 0.2) is 0 Å². The van der Waals surface area contributed by atoms with Crippen LogP contribution in [0, 0.1) is 10.8 Å². The van der Waals surface area contributed by atoms with Crippen molar-refractivity contribution in [3.05, 3.63) is 35.9 Å². The summed E-state index contributed by atoms with van der Waals surface area (Å²) in [5.41, 5.74) is 2.78. The number of nitrogens with one attached hydrogen (secondary N) is 1. The number of para-hydroxylation sites is 1. The van der Waals surface area contributed by atoms with Gasteiger partial charge in [-0.15, -0.1) is 0 Å². The lowest BCUT2D eigenvalue weighted by Gasteiger charge is -2.54. The first-order chi connectivity index (χ1) is 8.17. The van der Waals surface area contributed by atoms with E-state index in [0.29, 0.717) is 0 Å². The normalized spacial score (nSPS) is 18.1. The molecule has 1 nitrogen and oxygen atoms in total. The molecule has 1 aromatic rings. The van der Waals surface area contributed by atoms with Gasteiger partial charge in [-0.1, -0.05) is 71.9 Å². The van der Waals surface area contributed by atoms with E-state index in [1.807, 2.05) is 0 Å². The molecule has 1 N–H and O–H groups in total. The molecule has 0 saturated heterocycles. The van der Waals surface area contributed by atoms with Crippen LogP contribution in [0.2, 0.25) is 0 Å². The molecule has 1 heteroatoms. The maximum absolute atomic E-state index is 3.80. The van der Waals surface area contributed by atoms with Crippen molar-refractivity contribution in [1.29, 1.82) is 0 Å². The lowest BCUT2D eigenvalue weighted by molar-refractivity contribution is 0.126. The highest BCUT2D eigenvalue weighted by atomic mass is 15.0. The van der Waals surface area contributed by atoms with Crippen molar-refractivity contribution in [3.8, 4) is 0 Å². The van der Waals surface area contributed by atoms with Crippen molar-refractivity contribution in [2.45, 2.75) is 47.1 Å². The predicted octanol–water partition coefficient (Wildman–Crippen LogP) is 4.96.